The molecule has 4 aromatic rings. The van der Waals surface area contributed by atoms with Crippen LogP contribution < -0.4 is 10.1 Å². The second-order valence-corrected chi connectivity index (χ2v) is 6.37. The van der Waals surface area contributed by atoms with Crippen LogP contribution in [-0.2, 0) is 0 Å². The molecule has 0 fully saturated rings. The summed E-state index contributed by atoms with van der Waals surface area (Å²) in [6.07, 6.45) is 0. The van der Waals surface area contributed by atoms with Crippen LogP contribution in [0.2, 0.25) is 0 Å². The molecule has 0 aliphatic rings. The summed E-state index contributed by atoms with van der Waals surface area (Å²) in [6.45, 7) is 0. The number of ether oxygens (including phenoxy) is 1. The van der Waals surface area contributed by atoms with E-state index in [-0.39, 0.29) is 11.3 Å². The van der Waals surface area contributed by atoms with Crippen LogP contribution in [0.1, 0.15) is 10.4 Å². The third-order valence-corrected chi connectivity index (χ3v) is 4.41. The van der Waals surface area contributed by atoms with Gasteiger partial charge in [0.2, 0.25) is 0 Å². The van der Waals surface area contributed by atoms with Crippen molar-refractivity contribution in [2.75, 3.05) is 5.32 Å². The van der Waals surface area contributed by atoms with Gasteiger partial charge in [0.05, 0.1) is 4.92 Å². The zero-order valence-electron chi connectivity index (χ0n) is 15.2. The monoisotopic (exact) mass is 384 g/mol. The second-order valence-electron chi connectivity index (χ2n) is 6.37. The molecular formula is C23H16N2O4. The quantitative estimate of drug-likeness (QED) is 0.349. The van der Waals surface area contributed by atoms with Gasteiger partial charge in [-0.15, -0.1) is 0 Å². The molecule has 1 amide bonds. The molecule has 142 valence electrons. The number of amides is 1. The van der Waals surface area contributed by atoms with Crippen molar-refractivity contribution >= 4 is 28.1 Å². The van der Waals surface area contributed by atoms with Gasteiger partial charge in [-0.05, 0) is 41.8 Å². The number of fused-ring (bicyclic) bond motifs is 1. The second kappa shape index (κ2) is 7.82. The third-order valence-electron chi connectivity index (χ3n) is 4.41. The van der Waals surface area contributed by atoms with E-state index in [1.807, 2.05) is 42.5 Å². The molecule has 0 atom stereocenters. The van der Waals surface area contributed by atoms with Crippen molar-refractivity contribution in [1.82, 2.24) is 0 Å². The van der Waals surface area contributed by atoms with Gasteiger partial charge >= 0.3 is 0 Å². The maximum atomic E-state index is 12.3. The minimum atomic E-state index is -0.532. The Hall–Kier alpha value is -4.19. The SMILES string of the molecule is O=C(Nc1ccc(Oc2cccc3ccccc23)cc1)c1cccc([N+](=O)[O-])c1. The fraction of sp³-hybridized carbons (Fsp3) is 0. The van der Waals surface area contributed by atoms with Crippen LogP contribution in [-0.4, -0.2) is 10.8 Å². The third kappa shape index (κ3) is 4.06. The van der Waals surface area contributed by atoms with E-state index in [4.69, 9.17) is 4.74 Å². The number of nitro groups is 1. The highest BCUT2D eigenvalue weighted by Crippen LogP contribution is 2.30. The van der Waals surface area contributed by atoms with Gasteiger partial charge in [-0.1, -0.05) is 42.5 Å². The van der Waals surface area contributed by atoms with Crippen LogP contribution >= 0.6 is 0 Å². The minimum Gasteiger partial charge on any atom is -0.457 e. The molecule has 0 aliphatic heterocycles. The first kappa shape index (κ1) is 18.2. The van der Waals surface area contributed by atoms with E-state index in [9.17, 15) is 14.9 Å². The van der Waals surface area contributed by atoms with Crippen molar-refractivity contribution in [1.29, 1.82) is 0 Å². The largest absolute Gasteiger partial charge is 0.457 e. The van der Waals surface area contributed by atoms with Crippen molar-refractivity contribution in [3.05, 3.63) is 107 Å². The van der Waals surface area contributed by atoms with Crippen LogP contribution in [0.15, 0.2) is 91.0 Å². The zero-order valence-corrected chi connectivity index (χ0v) is 15.2. The number of hydrogen-bond donors (Lipinski definition) is 1. The van der Waals surface area contributed by atoms with E-state index >= 15 is 0 Å². The summed E-state index contributed by atoms with van der Waals surface area (Å²) in [6, 6.07) is 26.4. The lowest BCUT2D eigenvalue weighted by Crippen LogP contribution is -2.11. The normalized spacial score (nSPS) is 10.5. The summed E-state index contributed by atoms with van der Waals surface area (Å²) in [4.78, 5) is 22.7. The zero-order chi connectivity index (χ0) is 20.2. The van der Waals surface area contributed by atoms with E-state index in [0.717, 1.165) is 16.5 Å². The lowest BCUT2D eigenvalue weighted by molar-refractivity contribution is -0.384. The van der Waals surface area contributed by atoms with E-state index in [1.54, 1.807) is 24.3 Å². The Bertz CT molecular complexity index is 1200. The number of nitrogens with zero attached hydrogens (tertiary/aromatic N) is 1. The smallest absolute Gasteiger partial charge is 0.270 e. The van der Waals surface area contributed by atoms with Crippen LogP contribution in [0.5, 0.6) is 11.5 Å². The van der Waals surface area contributed by atoms with Crippen LogP contribution in [0.4, 0.5) is 11.4 Å². The van der Waals surface area contributed by atoms with E-state index in [2.05, 4.69) is 5.32 Å². The molecule has 6 heteroatoms. The van der Waals surface area contributed by atoms with Gasteiger partial charge in [0.25, 0.3) is 11.6 Å². The van der Waals surface area contributed by atoms with Crippen molar-refractivity contribution in [2.24, 2.45) is 0 Å². The summed E-state index contributed by atoms with van der Waals surface area (Å²) >= 11 is 0. The average Bonchev–Trinajstić information content (AvgIpc) is 2.75. The molecule has 6 nitrogen and oxygen atoms in total. The molecule has 0 aromatic heterocycles. The first-order chi connectivity index (χ1) is 14.1. The topological polar surface area (TPSA) is 81.5 Å². The molecule has 0 spiro atoms. The molecule has 4 rings (SSSR count). The standard InChI is InChI=1S/C23H16N2O4/c26-23(17-7-3-8-19(15-17)25(27)28)24-18-11-13-20(14-12-18)29-22-10-4-6-16-5-1-2-9-21(16)22/h1-15H,(H,24,26). The summed E-state index contributed by atoms with van der Waals surface area (Å²) in [5, 5.41) is 15.7. The lowest BCUT2D eigenvalue weighted by atomic mass is 10.1. The van der Waals surface area contributed by atoms with Gasteiger partial charge in [-0.3, -0.25) is 14.9 Å². The highest BCUT2D eigenvalue weighted by molar-refractivity contribution is 6.04. The van der Waals surface area contributed by atoms with Crippen LogP contribution in [0.25, 0.3) is 10.8 Å². The molecule has 0 bridgehead atoms. The number of non-ortho nitro benzene ring substituents is 1. The maximum Gasteiger partial charge on any atom is 0.270 e. The van der Waals surface area contributed by atoms with E-state index < -0.39 is 10.8 Å². The van der Waals surface area contributed by atoms with Gasteiger partial charge < -0.3 is 10.1 Å². The molecule has 0 aliphatic carbocycles. The minimum absolute atomic E-state index is 0.128. The molecule has 0 saturated carbocycles. The number of rotatable bonds is 5. The Balaban J connectivity index is 1.49. The predicted molar refractivity (Wildman–Crippen MR) is 112 cm³/mol. The van der Waals surface area contributed by atoms with Gasteiger partial charge in [0.15, 0.2) is 0 Å². The van der Waals surface area contributed by atoms with Gasteiger partial charge in [0.1, 0.15) is 11.5 Å². The molecule has 4 aromatic carbocycles. The van der Waals surface area contributed by atoms with E-state index in [1.165, 1.54) is 24.3 Å². The number of anilines is 1. The van der Waals surface area contributed by atoms with Gasteiger partial charge in [-0.25, -0.2) is 0 Å². The predicted octanol–water partition coefficient (Wildman–Crippen LogP) is 5.79. The highest BCUT2D eigenvalue weighted by atomic mass is 16.6. The average molecular weight is 384 g/mol. The Morgan fingerprint density at radius 3 is 2.38 bits per heavy atom. The molecule has 0 heterocycles. The summed E-state index contributed by atoms with van der Waals surface area (Å²) in [7, 11) is 0. The van der Waals surface area contributed by atoms with Crippen molar-refractivity contribution in [3.63, 3.8) is 0 Å². The summed E-state index contributed by atoms with van der Waals surface area (Å²) in [5.74, 6) is 0.961. The molecule has 29 heavy (non-hydrogen) atoms. The molecular weight excluding hydrogens is 368 g/mol. The van der Waals surface area contributed by atoms with Crippen molar-refractivity contribution < 1.29 is 14.5 Å². The number of nitrogens with one attached hydrogen (secondary N) is 1. The first-order valence-electron chi connectivity index (χ1n) is 8.92. The number of benzene rings is 4. The number of carbonyl (C=O) groups is 1. The summed E-state index contributed by atoms with van der Waals surface area (Å²) < 4.78 is 5.99. The molecule has 0 radical (unpaired) electrons. The Morgan fingerprint density at radius 2 is 1.59 bits per heavy atom. The van der Waals surface area contributed by atoms with Gasteiger partial charge in [0, 0.05) is 28.8 Å². The molecule has 1 N–H and O–H groups in total. The number of nitro benzene ring substituents is 1. The lowest BCUT2D eigenvalue weighted by Gasteiger charge is -2.10. The fourth-order valence-electron chi connectivity index (χ4n) is 2.98. The number of hydrogen-bond acceptors (Lipinski definition) is 4. The molecule has 0 unspecified atom stereocenters. The van der Waals surface area contributed by atoms with Gasteiger partial charge in [-0.2, -0.15) is 0 Å². The van der Waals surface area contributed by atoms with Crippen molar-refractivity contribution in [3.8, 4) is 11.5 Å². The van der Waals surface area contributed by atoms with E-state index in [0.29, 0.717) is 11.4 Å². The van der Waals surface area contributed by atoms with Crippen molar-refractivity contribution in [2.45, 2.75) is 0 Å². The fourth-order valence-corrected chi connectivity index (χ4v) is 2.98. The van der Waals surface area contributed by atoms with Crippen LogP contribution in [0, 0.1) is 10.1 Å². The maximum absolute atomic E-state index is 12.3. The number of carbonyl (C=O) groups excluding carboxylic acids is 1. The van der Waals surface area contributed by atoms with Crippen LogP contribution in [0.3, 0.4) is 0 Å². The highest BCUT2D eigenvalue weighted by Gasteiger charge is 2.12. The Kier molecular flexibility index (Phi) is 4.90. The Morgan fingerprint density at radius 1 is 0.862 bits per heavy atom. The first-order valence-corrected chi connectivity index (χ1v) is 8.92. The Labute approximate surface area is 166 Å². The molecule has 0 saturated heterocycles. The summed E-state index contributed by atoms with van der Waals surface area (Å²) in [5.41, 5.74) is 0.651.